The molecule has 0 aromatic carbocycles. The van der Waals surface area contributed by atoms with Crippen LogP contribution in [0, 0.1) is 24.1 Å². The molecule has 9 heteroatoms. The molecule has 0 aliphatic carbocycles. The highest BCUT2D eigenvalue weighted by molar-refractivity contribution is 9.11. The van der Waals surface area contributed by atoms with Crippen molar-refractivity contribution in [3.63, 3.8) is 0 Å². The first-order valence-electron chi connectivity index (χ1n) is 9.82. The number of ether oxygens (including phenoxy) is 1. The Balaban J connectivity index is 2.30. The number of hydrogen-bond acceptors (Lipinski definition) is 6. The highest BCUT2D eigenvalue weighted by Crippen LogP contribution is 2.29. The molecule has 31 heavy (non-hydrogen) atoms. The summed E-state index contributed by atoms with van der Waals surface area (Å²) in [6.45, 7) is 8.31. The number of fused-ring (bicyclic) bond motifs is 1. The number of hydrogen-bond donors (Lipinski definition) is 0. The van der Waals surface area contributed by atoms with E-state index in [0.717, 1.165) is 16.3 Å². The van der Waals surface area contributed by atoms with Crippen molar-refractivity contribution >= 4 is 27.1 Å². The predicted octanol–water partition coefficient (Wildman–Crippen LogP) is 5.26. The molecule has 3 rings (SSSR count). The number of allylic oxidation sites excluding steroid dienone is 4. The first-order chi connectivity index (χ1) is 14.9. The molecule has 160 valence electrons. The van der Waals surface area contributed by atoms with Gasteiger partial charge in [-0.1, -0.05) is 22.9 Å². The fraction of sp³-hybridized carbons (Fsp3) is 0.318. The van der Waals surface area contributed by atoms with Gasteiger partial charge in [-0.05, 0) is 49.4 Å². The van der Waals surface area contributed by atoms with Crippen LogP contribution in [0.3, 0.4) is 0 Å². The van der Waals surface area contributed by atoms with Crippen molar-refractivity contribution in [2.45, 2.75) is 40.7 Å². The van der Waals surface area contributed by atoms with Crippen molar-refractivity contribution in [2.75, 3.05) is 6.61 Å². The van der Waals surface area contributed by atoms with Gasteiger partial charge in [-0.15, -0.1) is 0 Å². The van der Waals surface area contributed by atoms with Gasteiger partial charge in [0.25, 0.3) is 0 Å². The summed E-state index contributed by atoms with van der Waals surface area (Å²) in [4.78, 5) is 17.6. The lowest BCUT2D eigenvalue weighted by Crippen LogP contribution is -2.07. The minimum absolute atomic E-state index is 0.247. The average Bonchev–Trinajstić information content (AvgIpc) is 3.09. The summed E-state index contributed by atoms with van der Waals surface area (Å²) < 4.78 is 22.1. The van der Waals surface area contributed by atoms with Crippen LogP contribution in [0.25, 0.3) is 22.6 Å². The molecule has 0 aliphatic rings. The summed E-state index contributed by atoms with van der Waals surface area (Å²) in [5.41, 5.74) is 3.74. The van der Waals surface area contributed by atoms with E-state index in [4.69, 9.17) is 9.72 Å². The lowest BCUT2D eigenvalue weighted by Gasteiger charge is -2.12. The average molecular weight is 485 g/mol. The van der Waals surface area contributed by atoms with Gasteiger partial charge in [-0.25, -0.2) is 9.37 Å². The number of rotatable bonds is 7. The predicted molar refractivity (Wildman–Crippen MR) is 120 cm³/mol. The highest BCUT2D eigenvalue weighted by atomic mass is 79.9. The second-order valence-electron chi connectivity index (χ2n) is 6.82. The molecular weight excluding hydrogens is 463 g/mol. The molecule has 0 saturated carbocycles. The Bertz CT molecular complexity index is 1220. The Labute approximate surface area is 188 Å². The highest BCUT2D eigenvalue weighted by Gasteiger charge is 2.20. The molecule has 0 bridgehead atoms. The quantitative estimate of drug-likeness (QED) is 0.335. The van der Waals surface area contributed by atoms with E-state index in [9.17, 15) is 9.65 Å². The molecule has 0 radical (unpaired) electrons. The zero-order valence-electron chi connectivity index (χ0n) is 17.8. The molecule has 7 nitrogen and oxygen atoms in total. The molecule has 0 unspecified atom stereocenters. The molecule has 0 fully saturated rings. The normalized spacial score (nSPS) is 12.6. The Morgan fingerprint density at radius 2 is 2.06 bits per heavy atom. The number of pyridine rings is 1. The third kappa shape index (κ3) is 4.97. The maximum atomic E-state index is 13.9. The molecule has 0 spiro atoms. The summed E-state index contributed by atoms with van der Waals surface area (Å²) in [7, 11) is 0. The number of imidazole rings is 1. The minimum Gasteiger partial charge on any atom is -0.464 e. The summed E-state index contributed by atoms with van der Waals surface area (Å²) in [6, 6.07) is 3.89. The number of aryl methyl sites for hydroxylation is 1. The third-order valence-electron chi connectivity index (χ3n) is 4.61. The fourth-order valence-electron chi connectivity index (χ4n) is 3.20. The van der Waals surface area contributed by atoms with Crippen molar-refractivity contribution in [2.24, 2.45) is 0 Å². The fourth-order valence-corrected chi connectivity index (χ4v) is 3.43. The Morgan fingerprint density at radius 1 is 1.29 bits per heavy atom. The van der Waals surface area contributed by atoms with E-state index in [1.165, 1.54) is 6.07 Å². The molecule has 0 amide bonds. The van der Waals surface area contributed by atoms with Crippen LogP contribution in [0.2, 0.25) is 0 Å². The molecule has 3 aromatic heterocycles. The van der Waals surface area contributed by atoms with Crippen molar-refractivity contribution in [3.05, 3.63) is 51.7 Å². The first-order valence-corrected chi connectivity index (χ1v) is 10.6. The lowest BCUT2D eigenvalue weighted by atomic mass is 10.1. The van der Waals surface area contributed by atoms with Gasteiger partial charge in [0.15, 0.2) is 5.65 Å². The van der Waals surface area contributed by atoms with E-state index < -0.39 is 5.82 Å². The largest absolute Gasteiger partial charge is 0.464 e. The van der Waals surface area contributed by atoms with Crippen molar-refractivity contribution < 1.29 is 9.13 Å². The van der Waals surface area contributed by atoms with Crippen molar-refractivity contribution in [3.8, 4) is 23.5 Å². The zero-order chi connectivity index (χ0) is 22.5. The Hall–Kier alpha value is -3.12. The molecule has 3 heterocycles. The summed E-state index contributed by atoms with van der Waals surface area (Å²) in [5.74, 6) is 0.0339. The second-order valence-corrected chi connectivity index (χ2v) is 8.07. The maximum Gasteiger partial charge on any atom is 0.318 e. The van der Waals surface area contributed by atoms with Crippen LogP contribution in [0.15, 0.2) is 40.2 Å². The topological polar surface area (TPSA) is 89.5 Å². The van der Waals surface area contributed by atoms with E-state index in [1.807, 2.05) is 32.3 Å². The van der Waals surface area contributed by atoms with Gasteiger partial charge < -0.3 is 9.30 Å². The van der Waals surface area contributed by atoms with Crippen LogP contribution in [-0.4, -0.2) is 31.1 Å². The maximum absolute atomic E-state index is 13.9. The molecule has 0 saturated heterocycles. The van der Waals surface area contributed by atoms with Gasteiger partial charge in [0, 0.05) is 18.3 Å². The number of nitrogens with zero attached hydrogens (tertiary/aromatic N) is 6. The SMILES string of the molecule is CCOc1nc(C)c2nc(-c3cncc(F)c3)n(C/C(CC)=C(C#N)/C=C(\C)Br)c2n1. The lowest BCUT2D eigenvalue weighted by molar-refractivity contribution is 0.313. The molecule has 0 aliphatic heterocycles. The molecular formula is C22H22BrFN6O. The van der Waals surface area contributed by atoms with Crippen LogP contribution in [0.4, 0.5) is 4.39 Å². The van der Waals surface area contributed by atoms with E-state index in [-0.39, 0.29) is 6.01 Å². The van der Waals surface area contributed by atoms with Gasteiger partial charge in [0.05, 0.1) is 30.1 Å². The monoisotopic (exact) mass is 484 g/mol. The van der Waals surface area contributed by atoms with E-state index in [0.29, 0.717) is 53.4 Å². The second kappa shape index (κ2) is 9.79. The minimum atomic E-state index is -0.462. The smallest absolute Gasteiger partial charge is 0.318 e. The van der Waals surface area contributed by atoms with Crippen LogP contribution in [0.1, 0.15) is 32.9 Å². The van der Waals surface area contributed by atoms with Crippen LogP contribution >= 0.6 is 15.9 Å². The summed E-state index contributed by atoms with van der Waals surface area (Å²) >= 11 is 3.40. The third-order valence-corrected chi connectivity index (χ3v) is 4.83. The zero-order valence-corrected chi connectivity index (χ0v) is 19.4. The van der Waals surface area contributed by atoms with Gasteiger partial charge in [-0.3, -0.25) is 4.98 Å². The van der Waals surface area contributed by atoms with E-state index >= 15 is 0 Å². The number of aromatic nitrogens is 5. The Kier molecular flexibility index (Phi) is 7.13. The van der Waals surface area contributed by atoms with Gasteiger partial charge in [0.2, 0.25) is 0 Å². The number of halogens is 2. The van der Waals surface area contributed by atoms with Crippen LogP contribution < -0.4 is 4.74 Å². The molecule has 0 N–H and O–H groups in total. The summed E-state index contributed by atoms with van der Waals surface area (Å²) in [5, 5.41) is 9.70. The summed E-state index contributed by atoms with van der Waals surface area (Å²) in [6.07, 6.45) is 5.12. The number of nitriles is 1. The van der Waals surface area contributed by atoms with Crippen LogP contribution in [0.5, 0.6) is 6.01 Å². The van der Waals surface area contributed by atoms with Gasteiger partial charge >= 0.3 is 6.01 Å². The van der Waals surface area contributed by atoms with Crippen LogP contribution in [-0.2, 0) is 6.54 Å². The Morgan fingerprint density at radius 3 is 2.68 bits per heavy atom. The van der Waals surface area contributed by atoms with Gasteiger partial charge in [0.1, 0.15) is 17.2 Å². The first kappa shape index (κ1) is 22.6. The molecule has 3 aromatic rings. The standard InChI is InChI=1S/C22H22BrFN6O/c1-5-15(16(9-25)7-13(3)23)12-30-20(17-8-18(24)11-26-10-17)28-19-14(4)27-22(31-6-2)29-21(19)30/h7-8,10-11H,5-6,12H2,1-4H3/b13-7+,16-15-. The van der Waals surface area contributed by atoms with Gasteiger partial charge in [-0.2, -0.15) is 15.2 Å². The van der Waals surface area contributed by atoms with Crippen molar-refractivity contribution in [1.82, 2.24) is 24.5 Å². The molecule has 0 atom stereocenters. The van der Waals surface area contributed by atoms with E-state index in [1.54, 1.807) is 12.3 Å². The van der Waals surface area contributed by atoms with Crippen molar-refractivity contribution in [1.29, 1.82) is 5.26 Å². The van der Waals surface area contributed by atoms with E-state index in [2.05, 4.69) is 37.0 Å².